The molecule has 2 fully saturated rings. The van der Waals surface area contributed by atoms with Crippen LogP contribution in [0.1, 0.15) is 51.9 Å². The third-order valence-electron chi connectivity index (χ3n) is 4.28. The minimum Gasteiger partial charge on any atom is -0.376 e. The van der Waals surface area contributed by atoms with Gasteiger partial charge in [0, 0.05) is 25.0 Å². The molecule has 104 valence electrons. The molecule has 0 aromatic heterocycles. The number of amides is 1. The van der Waals surface area contributed by atoms with Gasteiger partial charge in [0.2, 0.25) is 5.91 Å². The summed E-state index contributed by atoms with van der Waals surface area (Å²) in [4.78, 5) is 11.8. The highest BCUT2D eigenvalue weighted by Gasteiger charge is 2.52. The number of carbonyl (C=O) groups excluding carboxylic acids is 1. The third-order valence-corrected chi connectivity index (χ3v) is 4.28. The molecule has 18 heavy (non-hydrogen) atoms. The van der Waals surface area contributed by atoms with Gasteiger partial charge < -0.3 is 15.8 Å². The number of ether oxygens (including phenoxy) is 1. The standard InChI is InChI=1S/C14H26N2O2/c1-2-3-4-5-6-7-11(17)16-13-12(15)10-8-9-18-14(10)13/h10,12-14H,2-9,15H2,1H3,(H,16,17). The predicted molar refractivity (Wildman–Crippen MR) is 71.1 cm³/mol. The summed E-state index contributed by atoms with van der Waals surface area (Å²) in [7, 11) is 0. The number of carbonyl (C=O) groups is 1. The monoisotopic (exact) mass is 254 g/mol. The number of nitrogens with one attached hydrogen (secondary N) is 1. The van der Waals surface area contributed by atoms with Crippen molar-refractivity contribution in [3.8, 4) is 0 Å². The first-order valence-corrected chi connectivity index (χ1v) is 7.40. The number of unbranched alkanes of at least 4 members (excludes halogenated alkanes) is 4. The Morgan fingerprint density at radius 3 is 2.89 bits per heavy atom. The fourth-order valence-electron chi connectivity index (χ4n) is 3.07. The van der Waals surface area contributed by atoms with Crippen LogP contribution in [0.25, 0.3) is 0 Å². The Labute approximate surface area is 110 Å². The number of rotatable bonds is 7. The molecule has 0 bridgehead atoms. The Hall–Kier alpha value is -0.610. The van der Waals surface area contributed by atoms with E-state index in [9.17, 15) is 4.79 Å². The van der Waals surface area contributed by atoms with E-state index in [1.165, 1.54) is 19.3 Å². The Bertz CT molecular complexity index is 283. The Balaban J connectivity index is 1.60. The van der Waals surface area contributed by atoms with E-state index in [0.29, 0.717) is 12.3 Å². The summed E-state index contributed by atoms with van der Waals surface area (Å²) in [6, 6.07) is 0.155. The SMILES string of the molecule is CCCCCCCC(=O)NC1C(N)C2CCOC21. The van der Waals surface area contributed by atoms with Crippen molar-refractivity contribution in [3.05, 3.63) is 0 Å². The van der Waals surface area contributed by atoms with Gasteiger partial charge in [-0.05, 0) is 12.8 Å². The topological polar surface area (TPSA) is 64.4 Å². The zero-order valence-electron chi connectivity index (χ0n) is 11.4. The fourth-order valence-corrected chi connectivity index (χ4v) is 3.07. The van der Waals surface area contributed by atoms with Gasteiger partial charge in [-0.1, -0.05) is 32.6 Å². The molecule has 0 aromatic rings. The summed E-state index contributed by atoms with van der Waals surface area (Å²) < 4.78 is 5.60. The van der Waals surface area contributed by atoms with Gasteiger partial charge in [-0.15, -0.1) is 0 Å². The average Bonchev–Trinajstić information content (AvgIpc) is 2.80. The van der Waals surface area contributed by atoms with Gasteiger partial charge in [-0.2, -0.15) is 0 Å². The molecule has 1 saturated carbocycles. The van der Waals surface area contributed by atoms with Crippen molar-refractivity contribution >= 4 is 5.91 Å². The molecule has 0 spiro atoms. The zero-order chi connectivity index (χ0) is 13.0. The molecule has 0 radical (unpaired) electrons. The number of hydrogen-bond donors (Lipinski definition) is 2. The Morgan fingerprint density at radius 2 is 2.11 bits per heavy atom. The molecule has 4 heteroatoms. The first-order chi connectivity index (χ1) is 8.74. The molecule has 1 saturated heterocycles. The smallest absolute Gasteiger partial charge is 0.220 e. The summed E-state index contributed by atoms with van der Waals surface area (Å²) in [6.07, 6.45) is 7.75. The highest BCUT2D eigenvalue weighted by Crippen LogP contribution is 2.37. The third kappa shape index (κ3) is 3.04. The van der Waals surface area contributed by atoms with Crippen molar-refractivity contribution in [2.75, 3.05) is 6.61 Å². The van der Waals surface area contributed by atoms with Crippen molar-refractivity contribution in [2.24, 2.45) is 11.7 Å². The predicted octanol–water partition coefficient (Wildman–Crippen LogP) is 1.58. The molecule has 4 unspecified atom stereocenters. The molecular weight excluding hydrogens is 228 g/mol. The first-order valence-electron chi connectivity index (χ1n) is 7.40. The molecule has 0 aromatic carbocycles. The van der Waals surface area contributed by atoms with Gasteiger partial charge in [0.05, 0.1) is 12.1 Å². The first kappa shape index (κ1) is 13.8. The van der Waals surface area contributed by atoms with E-state index in [4.69, 9.17) is 10.5 Å². The van der Waals surface area contributed by atoms with Crippen LogP contribution in [-0.2, 0) is 9.53 Å². The molecule has 4 atom stereocenters. The van der Waals surface area contributed by atoms with Crippen LogP contribution in [-0.4, -0.2) is 30.7 Å². The van der Waals surface area contributed by atoms with Crippen LogP contribution in [0.4, 0.5) is 0 Å². The van der Waals surface area contributed by atoms with Crippen molar-refractivity contribution in [1.82, 2.24) is 5.32 Å². The van der Waals surface area contributed by atoms with E-state index in [0.717, 1.165) is 25.9 Å². The molecular formula is C14H26N2O2. The van der Waals surface area contributed by atoms with Gasteiger partial charge in [-0.25, -0.2) is 0 Å². The largest absolute Gasteiger partial charge is 0.376 e. The van der Waals surface area contributed by atoms with Crippen molar-refractivity contribution in [3.63, 3.8) is 0 Å². The lowest BCUT2D eigenvalue weighted by atomic mass is 9.72. The maximum atomic E-state index is 11.8. The average molecular weight is 254 g/mol. The van der Waals surface area contributed by atoms with E-state index < -0.39 is 0 Å². The maximum Gasteiger partial charge on any atom is 0.220 e. The lowest BCUT2D eigenvalue weighted by Gasteiger charge is -2.45. The molecule has 1 aliphatic carbocycles. The van der Waals surface area contributed by atoms with Crippen molar-refractivity contribution in [1.29, 1.82) is 0 Å². The second-order valence-electron chi connectivity index (χ2n) is 5.62. The van der Waals surface area contributed by atoms with Crippen LogP contribution in [0, 0.1) is 5.92 Å². The zero-order valence-corrected chi connectivity index (χ0v) is 11.4. The quantitative estimate of drug-likeness (QED) is 0.678. The summed E-state index contributed by atoms with van der Waals surface area (Å²) in [5.41, 5.74) is 6.06. The fraction of sp³-hybridized carbons (Fsp3) is 0.929. The van der Waals surface area contributed by atoms with Crippen LogP contribution >= 0.6 is 0 Å². The minimum absolute atomic E-state index is 0.0561. The van der Waals surface area contributed by atoms with Crippen LogP contribution in [0.2, 0.25) is 0 Å². The van der Waals surface area contributed by atoms with Crippen molar-refractivity contribution < 1.29 is 9.53 Å². The molecule has 1 heterocycles. The number of fused-ring (bicyclic) bond motifs is 1. The van der Waals surface area contributed by atoms with Crippen LogP contribution < -0.4 is 11.1 Å². The van der Waals surface area contributed by atoms with Gasteiger partial charge in [0.15, 0.2) is 0 Å². The Morgan fingerprint density at radius 1 is 1.33 bits per heavy atom. The van der Waals surface area contributed by atoms with Crippen LogP contribution in [0.5, 0.6) is 0 Å². The van der Waals surface area contributed by atoms with Gasteiger partial charge in [0.25, 0.3) is 0 Å². The number of hydrogen-bond acceptors (Lipinski definition) is 3. The molecule has 1 amide bonds. The summed E-state index contributed by atoms with van der Waals surface area (Å²) in [5, 5.41) is 3.04. The second kappa shape index (κ2) is 6.53. The molecule has 2 rings (SSSR count). The van der Waals surface area contributed by atoms with E-state index in [1.807, 2.05) is 0 Å². The number of nitrogens with two attached hydrogens (primary N) is 1. The maximum absolute atomic E-state index is 11.8. The molecule has 2 aliphatic rings. The molecule has 3 N–H and O–H groups in total. The molecule has 4 nitrogen and oxygen atoms in total. The Kier molecular flexibility index (Phi) is 5.01. The normalized spacial score (nSPS) is 33.9. The summed E-state index contributed by atoms with van der Waals surface area (Å²) in [5.74, 6) is 0.612. The van der Waals surface area contributed by atoms with E-state index in [2.05, 4.69) is 12.2 Å². The van der Waals surface area contributed by atoms with Crippen molar-refractivity contribution in [2.45, 2.75) is 70.1 Å². The van der Waals surface area contributed by atoms with E-state index in [-0.39, 0.29) is 24.1 Å². The highest BCUT2D eigenvalue weighted by molar-refractivity contribution is 5.76. The lowest BCUT2D eigenvalue weighted by Crippen LogP contribution is -2.68. The van der Waals surface area contributed by atoms with E-state index >= 15 is 0 Å². The van der Waals surface area contributed by atoms with Gasteiger partial charge in [-0.3, -0.25) is 4.79 Å². The summed E-state index contributed by atoms with van der Waals surface area (Å²) in [6.45, 7) is 3.00. The van der Waals surface area contributed by atoms with Crippen LogP contribution in [0.3, 0.4) is 0 Å². The summed E-state index contributed by atoms with van der Waals surface area (Å²) >= 11 is 0. The lowest BCUT2D eigenvalue weighted by molar-refractivity contribution is -0.125. The minimum atomic E-state index is 0.0561. The second-order valence-corrected chi connectivity index (χ2v) is 5.62. The molecule has 1 aliphatic heterocycles. The van der Waals surface area contributed by atoms with Crippen LogP contribution in [0.15, 0.2) is 0 Å². The van der Waals surface area contributed by atoms with Gasteiger partial charge >= 0.3 is 0 Å². The van der Waals surface area contributed by atoms with E-state index in [1.54, 1.807) is 0 Å². The highest BCUT2D eigenvalue weighted by atomic mass is 16.5. The van der Waals surface area contributed by atoms with Gasteiger partial charge in [0.1, 0.15) is 0 Å².